The lowest BCUT2D eigenvalue weighted by atomic mass is 10.0. The number of hydrogen-bond donors (Lipinski definition) is 1. The van der Waals surface area contributed by atoms with Crippen LogP contribution in [0.4, 0.5) is 5.69 Å². The fourth-order valence-electron chi connectivity index (χ4n) is 2.64. The largest absolute Gasteiger partial charge is 0.465 e. The van der Waals surface area contributed by atoms with Crippen molar-refractivity contribution >= 4 is 35.0 Å². The molecule has 3 rings (SSSR count). The molecule has 2 atom stereocenters. The molecular formula is C18H18ClNO2S. The zero-order valence-electron chi connectivity index (χ0n) is 12.8. The van der Waals surface area contributed by atoms with Crippen molar-refractivity contribution in [3.63, 3.8) is 0 Å². The van der Waals surface area contributed by atoms with E-state index in [0.29, 0.717) is 18.1 Å². The van der Waals surface area contributed by atoms with Crippen molar-refractivity contribution in [3.05, 3.63) is 59.1 Å². The smallest absolute Gasteiger partial charge is 0.319 e. The van der Waals surface area contributed by atoms with Crippen LogP contribution in [0.1, 0.15) is 24.9 Å². The molecule has 0 saturated carbocycles. The highest BCUT2D eigenvalue weighted by molar-refractivity contribution is 8.00. The molecule has 0 aliphatic carbocycles. The van der Waals surface area contributed by atoms with E-state index in [1.165, 1.54) is 0 Å². The molecule has 1 aliphatic heterocycles. The highest BCUT2D eigenvalue weighted by Crippen LogP contribution is 2.41. The quantitative estimate of drug-likeness (QED) is 0.800. The number of hydrogen-bond acceptors (Lipinski definition) is 4. The van der Waals surface area contributed by atoms with Crippen LogP contribution in [0.25, 0.3) is 0 Å². The van der Waals surface area contributed by atoms with Crippen LogP contribution < -0.4 is 5.32 Å². The number of fused-ring (bicyclic) bond motifs is 1. The van der Waals surface area contributed by atoms with Gasteiger partial charge in [0.2, 0.25) is 0 Å². The van der Waals surface area contributed by atoms with Gasteiger partial charge in [-0.2, -0.15) is 0 Å². The molecule has 2 unspecified atom stereocenters. The maximum atomic E-state index is 12.3. The summed E-state index contributed by atoms with van der Waals surface area (Å²) in [5.41, 5.74) is 2.16. The molecule has 0 amide bonds. The Morgan fingerprint density at radius 1 is 1.26 bits per heavy atom. The summed E-state index contributed by atoms with van der Waals surface area (Å²) in [6.07, 6.45) is 0.666. The first-order valence-corrected chi connectivity index (χ1v) is 8.87. The third-order valence-electron chi connectivity index (χ3n) is 3.76. The van der Waals surface area contributed by atoms with Gasteiger partial charge in [0.25, 0.3) is 0 Å². The number of halogens is 1. The Morgan fingerprint density at radius 2 is 2.00 bits per heavy atom. The number of anilines is 1. The van der Waals surface area contributed by atoms with Crippen LogP contribution in [0.2, 0.25) is 5.02 Å². The molecular weight excluding hydrogens is 330 g/mol. The lowest BCUT2D eigenvalue weighted by Crippen LogP contribution is -2.23. The Morgan fingerprint density at radius 3 is 2.74 bits per heavy atom. The second kappa shape index (κ2) is 7.28. The van der Waals surface area contributed by atoms with Gasteiger partial charge in [0, 0.05) is 15.6 Å². The summed E-state index contributed by atoms with van der Waals surface area (Å²) in [5.74, 6) is -0.157. The number of rotatable bonds is 3. The van der Waals surface area contributed by atoms with Gasteiger partial charge in [-0.1, -0.05) is 35.9 Å². The van der Waals surface area contributed by atoms with E-state index in [9.17, 15) is 4.79 Å². The number of ether oxygens (including phenoxy) is 1. The van der Waals surface area contributed by atoms with Gasteiger partial charge >= 0.3 is 5.97 Å². The lowest BCUT2D eigenvalue weighted by Gasteiger charge is -2.20. The number of benzene rings is 2. The summed E-state index contributed by atoms with van der Waals surface area (Å²) >= 11 is 7.55. The summed E-state index contributed by atoms with van der Waals surface area (Å²) in [6.45, 7) is 2.23. The van der Waals surface area contributed by atoms with E-state index < -0.39 is 0 Å². The van der Waals surface area contributed by atoms with E-state index in [1.807, 2.05) is 55.5 Å². The van der Waals surface area contributed by atoms with Crippen molar-refractivity contribution < 1.29 is 9.53 Å². The van der Waals surface area contributed by atoms with Gasteiger partial charge in [0.15, 0.2) is 0 Å². The molecule has 23 heavy (non-hydrogen) atoms. The molecule has 0 radical (unpaired) electrons. The van der Waals surface area contributed by atoms with Gasteiger partial charge in [-0.15, -0.1) is 11.8 Å². The number of thioether (sulfide) groups is 1. The molecule has 3 nitrogen and oxygen atoms in total. The van der Waals surface area contributed by atoms with Crippen LogP contribution >= 0.6 is 23.4 Å². The normalized spacial score (nSPS) is 20.1. The minimum atomic E-state index is -0.230. The van der Waals surface area contributed by atoms with Gasteiger partial charge in [-0.05, 0) is 43.2 Å². The van der Waals surface area contributed by atoms with E-state index in [1.54, 1.807) is 11.8 Å². The Hall–Kier alpha value is -1.65. The van der Waals surface area contributed by atoms with Gasteiger partial charge < -0.3 is 10.1 Å². The van der Waals surface area contributed by atoms with Crippen molar-refractivity contribution in [1.29, 1.82) is 0 Å². The Bertz CT molecular complexity index is 690. The Labute approximate surface area is 145 Å². The predicted octanol–water partition coefficient (Wildman–Crippen LogP) is 4.92. The maximum Gasteiger partial charge on any atom is 0.319 e. The van der Waals surface area contributed by atoms with Crippen LogP contribution in [0, 0.1) is 0 Å². The van der Waals surface area contributed by atoms with E-state index in [4.69, 9.17) is 16.3 Å². The van der Waals surface area contributed by atoms with Gasteiger partial charge in [0.05, 0.1) is 12.6 Å². The van der Waals surface area contributed by atoms with Crippen molar-refractivity contribution in [3.8, 4) is 0 Å². The zero-order valence-corrected chi connectivity index (χ0v) is 14.4. The maximum absolute atomic E-state index is 12.3. The first kappa shape index (κ1) is 16.2. The summed E-state index contributed by atoms with van der Waals surface area (Å²) in [6, 6.07) is 15.8. The van der Waals surface area contributed by atoms with E-state index in [-0.39, 0.29) is 17.3 Å². The average molecular weight is 348 g/mol. The third-order valence-corrected chi connectivity index (χ3v) is 5.29. The lowest BCUT2D eigenvalue weighted by molar-refractivity contribution is -0.142. The molecule has 2 aromatic carbocycles. The van der Waals surface area contributed by atoms with Crippen LogP contribution in [0.5, 0.6) is 0 Å². The fourth-order valence-corrected chi connectivity index (χ4v) is 3.94. The van der Waals surface area contributed by atoms with E-state index in [0.717, 1.165) is 16.1 Å². The van der Waals surface area contributed by atoms with Crippen molar-refractivity contribution in [1.82, 2.24) is 0 Å². The molecule has 1 N–H and O–H groups in total. The Kier molecular flexibility index (Phi) is 5.13. The third kappa shape index (κ3) is 3.82. The van der Waals surface area contributed by atoms with E-state index >= 15 is 0 Å². The number of esters is 1. The second-order valence-corrected chi connectivity index (χ2v) is 7.02. The first-order valence-electron chi connectivity index (χ1n) is 7.61. The van der Waals surface area contributed by atoms with Gasteiger partial charge in [-0.3, -0.25) is 4.79 Å². The molecule has 0 bridgehead atoms. The molecule has 0 saturated heterocycles. The fraction of sp³-hybridized carbons (Fsp3) is 0.278. The molecule has 120 valence electrons. The van der Waals surface area contributed by atoms with Crippen molar-refractivity contribution in [2.24, 2.45) is 0 Å². The predicted molar refractivity (Wildman–Crippen MR) is 95.2 cm³/mol. The van der Waals surface area contributed by atoms with Crippen molar-refractivity contribution in [2.45, 2.75) is 29.5 Å². The Balaban J connectivity index is 1.93. The SMILES string of the molecule is CCOC(=O)C1CC(c2ccc(Cl)cc2)Nc2ccccc2S1. The van der Waals surface area contributed by atoms with Crippen LogP contribution in [0.3, 0.4) is 0 Å². The molecule has 0 spiro atoms. The minimum Gasteiger partial charge on any atom is -0.465 e. The zero-order chi connectivity index (χ0) is 16.2. The molecule has 1 heterocycles. The monoisotopic (exact) mass is 347 g/mol. The van der Waals surface area contributed by atoms with Crippen LogP contribution in [-0.4, -0.2) is 17.8 Å². The number of carbonyl (C=O) groups is 1. The highest BCUT2D eigenvalue weighted by Gasteiger charge is 2.30. The van der Waals surface area contributed by atoms with Gasteiger partial charge in [0.1, 0.15) is 5.25 Å². The van der Waals surface area contributed by atoms with Crippen LogP contribution in [0.15, 0.2) is 53.4 Å². The molecule has 0 fully saturated rings. The van der Waals surface area contributed by atoms with Crippen molar-refractivity contribution in [2.75, 3.05) is 11.9 Å². The molecule has 5 heteroatoms. The topological polar surface area (TPSA) is 38.3 Å². The minimum absolute atomic E-state index is 0.0397. The summed E-state index contributed by atoms with van der Waals surface area (Å²) < 4.78 is 5.25. The average Bonchev–Trinajstić information content (AvgIpc) is 2.75. The summed E-state index contributed by atoms with van der Waals surface area (Å²) in [5, 5.41) is 4.03. The summed E-state index contributed by atoms with van der Waals surface area (Å²) in [7, 11) is 0. The second-order valence-electron chi connectivity index (χ2n) is 5.34. The highest BCUT2D eigenvalue weighted by atomic mass is 35.5. The molecule has 0 aromatic heterocycles. The van der Waals surface area contributed by atoms with Crippen LogP contribution in [-0.2, 0) is 9.53 Å². The first-order chi connectivity index (χ1) is 11.2. The standard InChI is InChI=1S/C18H18ClNO2S/c1-2-22-18(21)17-11-15(12-7-9-13(19)10-8-12)20-14-5-3-4-6-16(14)23-17/h3-10,15,17,20H,2,11H2,1H3. The van der Waals surface area contributed by atoms with E-state index in [2.05, 4.69) is 5.32 Å². The van der Waals surface area contributed by atoms with Gasteiger partial charge in [-0.25, -0.2) is 0 Å². The number of carbonyl (C=O) groups excluding carboxylic acids is 1. The number of nitrogens with one attached hydrogen (secondary N) is 1. The molecule has 2 aromatic rings. The summed E-state index contributed by atoms with van der Waals surface area (Å²) in [4.78, 5) is 13.4. The number of para-hydroxylation sites is 1. The molecule has 1 aliphatic rings.